The third kappa shape index (κ3) is 4.29. The minimum atomic E-state index is -0.114. The molecular weight excluding hydrogens is 297 g/mol. The maximum absolute atomic E-state index is 11.8. The number of halogens is 2. The predicted molar refractivity (Wildman–Crippen MR) is 81.6 cm³/mol. The molecule has 1 N–H and O–H groups in total. The molecule has 0 aliphatic heterocycles. The van der Waals surface area contributed by atoms with E-state index in [-0.39, 0.29) is 17.9 Å². The van der Waals surface area contributed by atoms with Crippen LogP contribution in [0.4, 0.5) is 0 Å². The average Bonchev–Trinajstić information content (AvgIpc) is 2.94. The Morgan fingerprint density at radius 1 is 1.25 bits per heavy atom. The summed E-state index contributed by atoms with van der Waals surface area (Å²) in [4.78, 5) is 11.8. The van der Waals surface area contributed by atoms with Crippen LogP contribution in [0.1, 0.15) is 25.7 Å². The smallest absolute Gasteiger partial charge is 0.257 e. The van der Waals surface area contributed by atoms with Crippen LogP contribution in [-0.4, -0.2) is 24.9 Å². The Labute approximate surface area is 129 Å². The van der Waals surface area contributed by atoms with E-state index in [2.05, 4.69) is 5.32 Å². The molecule has 0 bridgehead atoms. The highest BCUT2D eigenvalue weighted by atomic mass is 35.5. The number of hydrogen-bond donors (Lipinski definition) is 1. The minimum Gasteiger partial charge on any atom is -0.484 e. The van der Waals surface area contributed by atoms with Gasteiger partial charge in [0.15, 0.2) is 6.61 Å². The topological polar surface area (TPSA) is 38.3 Å². The van der Waals surface area contributed by atoms with Crippen molar-refractivity contribution in [3.05, 3.63) is 29.3 Å². The third-order valence-electron chi connectivity index (χ3n) is 3.79. The number of amides is 1. The fourth-order valence-corrected chi connectivity index (χ4v) is 2.99. The molecule has 1 aromatic carbocycles. The molecule has 1 aliphatic rings. The van der Waals surface area contributed by atoms with Gasteiger partial charge in [0.1, 0.15) is 5.75 Å². The molecule has 0 spiro atoms. The van der Waals surface area contributed by atoms with E-state index in [0.29, 0.717) is 23.2 Å². The number of ether oxygens (including phenoxy) is 1. The minimum absolute atomic E-state index is 0.0139. The summed E-state index contributed by atoms with van der Waals surface area (Å²) in [5.41, 5.74) is 0.0808. The van der Waals surface area contributed by atoms with Crippen LogP contribution in [-0.2, 0) is 4.79 Å². The summed E-state index contributed by atoms with van der Waals surface area (Å²) < 4.78 is 5.40. The van der Waals surface area contributed by atoms with Gasteiger partial charge >= 0.3 is 0 Å². The van der Waals surface area contributed by atoms with Crippen LogP contribution in [0.3, 0.4) is 0 Å². The average molecular weight is 316 g/mol. The zero-order valence-corrected chi connectivity index (χ0v) is 12.8. The van der Waals surface area contributed by atoms with Crippen molar-refractivity contribution in [3.63, 3.8) is 0 Å². The number of carbonyl (C=O) groups excluding carboxylic acids is 1. The van der Waals surface area contributed by atoms with E-state index in [1.165, 1.54) is 12.8 Å². The Morgan fingerprint density at radius 2 is 1.90 bits per heavy atom. The van der Waals surface area contributed by atoms with E-state index in [9.17, 15) is 4.79 Å². The van der Waals surface area contributed by atoms with Gasteiger partial charge in [-0.05, 0) is 37.1 Å². The van der Waals surface area contributed by atoms with Crippen molar-refractivity contribution in [2.75, 3.05) is 19.0 Å². The summed E-state index contributed by atoms with van der Waals surface area (Å²) in [6.45, 7) is 0.652. The molecule has 0 unspecified atom stereocenters. The van der Waals surface area contributed by atoms with Crippen LogP contribution in [0, 0.1) is 5.41 Å². The third-order valence-corrected chi connectivity index (χ3v) is 4.61. The molecule has 0 aromatic heterocycles. The van der Waals surface area contributed by atoms with Crippen molar-refractivity contribution >= 4 is 29.1 Å². The molecule has 5 heteroatoms. The van der Waals surface area contributed by atoms with Gasteiger partial charge in [-0.1, -0.05) is 24.4 Å². The molecular formula is C15H19Cl2NO2. The van der Waals surface area contributed by atoms with Crippen molar-refractivity contribution in [2.45, 2.75) is 25.7 Å². The van der Waals surface area contributed by atoms with Gasteiger partial charge in [-0.3, -0.25) is 4.79 Å². The summed E-state index contributed by atoms with van der Waals surface area (Å²) in [6.07, 6.45) is 4.58. The standard InChI is InChI=1S/C15H19Cl2NO2/c16-10-15(7-1-2-8-15)11-18-14(19)9-20-13-5-3-12(17)4-6-13/h3-6H,1-2,7-11H2,(H,18,19). The highest BCUT2D eigenvalue weighted by molar-refractivity contribution is 6.30. The van der Waals surface area contributed by atoms with E-state index in [0.717, 1.165) is 12.8 Å². The number of alkyl halides is 1. The number of carbonyl (C=O) groups is 1. The van der Waals surface area contributed by atoms with Gasteiger partial charge in [0.05, 0.1) is 0 Å². The summed E-state index contributed by atoms with van der Waals surface area (Å²) in [7, 11) is 0. The quantitative estimate of drug-likeness (QED) is 0.814. The van der Waals surface area contributed by atoms with Crippen LogP contribution in [0.5, 0.6) is 5.75 Å². The zero-order chi connectivity index (χ0) is 14.4. The lowest BCUT2D eigenvalue weighted by Crippen LogP contribution is -2.39. The summed E-state index contributed by atoms with van der Waals surface area (Å²) in [6, 6.07) is 6.95. The zero-order valence-electron chi connectivity index (χ0n) is 11.3. The molecule has 2 rings (SSSR count). The second-order valence-corrected chi connectivity index (χ2v) is 6.06. The first kappa shape index (κ1) is 15.5. The van der Waals surface area contributed by atoms with Crippen molar-refractivity contribution < 1.29 is 9.53 Å². The van der Waals surface area contributed by atoms with Gasteiger partial charge in [0, 0.05) is 22.9 Å². The second-order valence-electron chi connectivity index (χ2n) is 5.36. The molecule has 110 valence electrons. The van der Waals surface area contributed by atoms with Gasteiger partial charge < -0.3 is 10.1 Å². The van der Waals surface area contributed by atoms with Crippen LogP contribution < -0.4 is 10.1 Å². The molecule has 1 aromatic rings. The van der Waals surface area contributed by atoms with Crippen LogP contribution in [0.25, 0.3) is 0 Å². The Morgan fingerprint density at radius 3 is 2.50 bits per heavy atom. The molecule has 0 heterocycles. The fourth-order valence-electron chi connectivity index (χ4n) is 2.50. The molecule has 1 aliphatic carbocycles. The molecule has 0 saturated heterocycles. The fraction of sp³-hybridized carbons (Fsp3) is 0.533. The van der Waals surface area contributed by atoms with Crippen molar-refractivity contribution in [3.8, 4) is 5.75 Å². The molecule has 0 atom stereocenters. The van der Waals surface area contributed by atoms with Crippen molar-refractivity contribution in [1.82, 2.24) is 5.32 Å². The first-order valence-electron chi connectivity index (χ1n) is 6.85. The lowest BCUT2D eigenvalue weighted by Gasteiger charge is -2.26. The van der Waals surface area contributed by atoms with Crippen molar-refractivity contribution in [2.24, 2.45) is 5.41 Å². The van der Waals surface area contributed by atoms with Gasteiger partial charge in [-0.15, -0.1) is 11.6 Å². The summed E-state index contributed by atoms with van der Waals surface area (Å²) in [5, 5.41) is 3.57. The molecule has 0 radical (unpaired) electrons. The van der Waals surface area contributed by atoms with Gasteiger partial charge in [-0.2, -0.15) is 0 Å². The van der Waals surface area contributed by atoms with E-state index < -0.39 is 0 Å². The highest BCUT2D eigenvalue weighted by Gasteiger charge is 2.33. The Hall–Kier alpha value is -0.930. The Bertz CT molecular complexity index is 442. The van der Waals surface area contributed by atoms with Gasteiger partial charge in [0.2, 0.25) is 0 Å². The number of benzene rings is 1. The molecule has 1 saturated carbocycles. The number of nitrogens with one attached hydrogen (secondary N) is 1. The molecule has 20 heavy (non-hydrogen) atoms. The van der Waals surface area contributed by atoms with E-state index in [1.807, 2.05) is 0 Å². The highest BCUT2D eigenvalue weighted by Crippen LogP contribution is 2.38. The first-order chi connectivity index (χ1) is 9.63. The lowest BCUT2D eigenvalue weighted by atomic mass is 9.88. The van der Waals surface area contributed by atoms with E-state index in [1.54, 1.807) is 24.3 Å². The maximum Gasteiger partial charge on any atom is 0.257 e. The monoisotopic (exact) mass is 315 g/mol. The number of rotatable bonds is 6. The van der Waals surface area contributed by atoms with Crippen LogP contribution in [0.15, 0.2) is 24.3 Å². The Balaban J connectivity index is 1.74. The second kappa shape index (κ2) is 7.19. The maximum atomic E-state index is 11.8. The molecule has 1 amide bonds. The molecule has 1 fully saturated rings. The van der Waals surface area contributed by atoms with Crippen LogP contribution in [0.2, 0.25) is 5.02 Å². The van der Waals surface area contributed by atoms with Crippen LogP contribution >= 0.6 is 23.2 Å². The van der Waals surface area contributed by atoms with E-state index >= 15 is 0 Å². The molecule has 3 nitrogen and oxygen atoms in total. The summed E-state index contributed by atoms with van der Waals surface area (Å²) in [5.74, 6) is 1.12. The summed E-state index contributed by atoms with van der Waals surface area (Å²) >= 11 is 11.8. The van der Waals surface area contributed by atoms with Gasteiger partial charge in [0.25, 0.3) is 5.91 Å². The SMILES string of the molecule is O=C(COc1ccc(Cl)cc1)NCC1(CCl)CCCC1. The predicted octanol–water partition coefficient (Wildman–Crippen LogP) is 3.63. The first-order valence-corrected chi connectivity index (χ1v) is 7.76. The lowest BCUT2D eigenvalue weighted by molar-refractivity contribution is -0.123. The van der Waals surface area contributed by atoms with Gasteiger partial charge in [-0.25, -0.2) is 0 Å². The normalized spacial score (nSPS) is 16.9. The van der Waals surface area contributed by atoms with Crippen molar-refractivity contribution in [1.29, 1.82) is 0 Å². The number of hydrogen-bond acceptors (Lipinski definition) is 2. The largest absolute Gasteiger partial charge is 0.484 e. The Kier molecular flexibility index (Phi) is 5.55. The van der Waals surface area contributed by atoms with E-state index in [4.69, 9.17) is 27.9 Å².